The van der Waals surface area contributed by atoms with E-state index in [0.29, 0.717) is 5.69 Å². The van der Waals surface area contributed by atoms with Crippen molar-refractivity contribution in [2.24, 2.45) is 0 Å². The summed E-state index contributed by atoms with van der Waals surface area (Å²) in [5.41, 5.74) is 6.27. The highest BCUT2D eigenvalue weighted by Gasteiger charge is 1.90. The average molecular weight is 142 g/mol. The van der Waals surface area contributed by atoms with Crippen LogP contribution in [0.4, 0.5) is 5.69 Å². The Balaban J connectivity index is 2.83. The normalized spacial score (nSPS) is 10.2. The maximum absolute atomic E-state index is 5.57. The number of hydrogen-bond donors (Lipinski definition) is 1. The van der Waals surface area contributed by atoms with Crippen LogP contribution in [0.25, 0.3) is 10.8 Å². The lowest BCUT2D eigenvalue weighted by Gasteiger charge is -1.96. The van der Waals surface area contributed by atoms with Crippen molar-refractivity contribution >= 4 is 16.5 Å². The minimum Gasteiger partial charge on any atom is -0.398 e. The number of anilines is 1. The molecule has 0 saturated carbocycles. The molecule has 2 N–H and O–H groups in total. The maximum Gasteiger partial charge on any atom is 0.0401 e. The number of rotatable bonds is 0. The first-order valence-corrected chi connectivity index (χ1v) is 3.53. The summed E-state index contributed by atoms with van der Waals surface area (Å²) >= 11 is 0. The Morgan fingerprint density at radius 3 is 2.73 bits per heavy atom. The Hall–Kier alpha value is -1.50. The SMILES string of the molecule is Nc1[c]c2ccccc2cc1. The molecular weight excluding hydrogens is 134 g/mol. The first-order valence-electron chi connectivity index (χ1n) is 3.53. The first kappa shape index (κ1) is 6.23. The van der Waals surface area contributed by atoms with Gasteiger partial charge in [-0.25, -0.2) is 0 Å². The number of benzene rings is 2. The monoisotopic (exact) mass is 142 g/mol. The van der Waals surface area contributed by atoms with Crippen LogP contribution in [0, 0.1) is 6.07 Å². The quantitative estimate of drug-likeness (QED) is 0.561. The summed E-state index contributed by atoms with van der Waals surface area (Å²) in [4.78, 5) is 0. The van der Waals surface area contributed by atoms with Crippen LogP contribution >= 0.6 is 0 Å². The summed E-state index contributed by atoms with van der Waals surface area (Å²) < 4.78 is 0. The minimum absolute atomic E-state index is 0.698. The summed E-state index contributed by atoms with van der Waals surface area (Å²) in [7, 11) is 0. The Labute approximate surface area is 65.5 Å². The fraction of sp³-hybridized carbons (Fsp3) is 0. The van der Waals surface area contributed by atoms with E-state index in [-0.39, 0.29) is 0 Å². The number of hydrogen-bond acceptors (Lipinski definition) is 1. The second-order valence-corrected chi connectivity index (χ2v) is 2.50. The van der Waals surface area contributed by atoms with E-state index in [2.05, 4.69) is 6.07 Å². The van der Waals surface area contributed by atoms with E-state index in [9.17, 15) is 0 Å². The van der Waals surface area contributed by atoms with Crippen LogP contribution in [0.3, 0.4) is 0 Å². The molecule has 11 heavy (non-hydrogen) atoms. The molecular formula is C10H8N. The molecule has 1 radical (unpaired) electrons. The molecule has 1 heteroatoms. The van der Waals surface area contributed by atoms with Crippen molar-refractivity contribution in [2.45, 2.75) is 0 Å². The molecule has 53 valence electrons. The van der Waals surface area contributed by atoms with Gasteiger partial charge in [0.2, 0.25) is 0 Å². The van der Waals surface area contributed by atoms with Crippen molar-refractivity contribution in [3.05, 3.63) is 42.5 Å². The molecule has 0 aliphatic carbocycles. The van der Waals surface area contributed by atoms with E-state index < -0.39 is 0 Å². The predicted octanol–water partition coefficient (Wildman–Crippen LogP) is 2.22. The molecule has 2 aromatic carbocycles. The van der Waals surface area contributed by atoms with Crippen LogP contribution < -0.4 is 5.73 Å². The Morgan fingerprint density at radius 1 is 1.00 bits per heavy atom. The molecule has 0 heterocycles. The summed E-state index contributed by atoms with van der Waals surface area (Å²) in [6.07, 6.45) is 0. The van der Waals surface area contributed by atoms with Crippen molar-refractivity contribution in [1.82, 2.24) is 0 Å². The third kappa shape index (κ3) is 1.05. The average Bonchev–Trinajstić information content (AvgIpc) is 2.04. The van der Waals surface area contributed by atoms with Gasteiger partial charge in [0.25, 0.3) is 0 Å². The third-order valence-electron chi connectivity index (χ3n) is 1.68. The molecule has 0 spiro atoms. The van der Waals surface area contributed by atoms with Gasteiger partial charge in [0.15, 0.2) is 0 Å². The Kier molecular flexibility index (Phi) is 1.29. The van der Waals surface area contributed by atoms with Gasteiger partial charge in [0.1, 0.15) is 0 Å². The summed E-state index contributed by atoms with van der Waals surface area (Å²) in [6, 6.07) is 15.0. The van der Waals surface area contributed by atoms with Gasteiger partial charge in [-0.2, -0.15) is 0 Å². The maximum atomic E-state index is 5.57. The molecule has 0 aliphatic heterocycles. The van der Waals surface area contributed by atoms with Gasteiger partial charge < -0.3 is 5.73 Å². The molecule has 0 amide bonds. The number of nitrogen functional groups attached to an aromatic ring is 1. The van der Waals surface area contributed by atoms with Crippen LogP contribution in [0.1, 0.15) is 0 Å². The van der Waals surface area contributed by atoms with Crippen molar-refractivity contribution in [3.8, 4) is 0 Å². The van der Waals surface area contributed by atoms with E-state index in [1.807, 2.05) is 36.4 Å². The third-order valence-corrected chi connectivity index (χ3v) is 1.68. The highest BCUT2D eigenvalue weighted by atomic mass is 14.5. The zero-order valence-electron chi connectivity index (χ0n) is 6.04. The summed E-state index contributed by atoms with van der Waals surface area (Å²) in [5.74, 6) is 0. The smallest absolute Gasteiger partial charge is 0.0401 e. The standard InChI is InChI=1S/C10H8N/c11-10-6-5-8-3-1-2-4-9(8)7-10/h1-6H,11H2. The predicted molar refractivity (Wildman–Crippen MR) is 47.2 cm³/mol. The molecule has 0 saturated heterocycles. The van der Waals surface area contributed by atoms with Crippen molar-refractivity contribution in [1.29, 1.82) is 0 Å². The fourth-order valence-corrected chi connectivity index (χ4v) is 1.13. The molecule has 0 aromatic heterocycles. The van der Waals surface area contributed by atoms with Crippen molar-refractivity contribution < 1.29 is 0 Å². The molecule has 0 fully saturated rings. The second kappa shape index (κ2) is 2.27. The minimum atomic E-state index is 0.698. The lowest BCUT2D eigenvalue weighted by molar-refractivity contribution is 1.71. The summed E-state index contributed by atoms with van der Waals surface area (Å²) in [6.45, 7) is 0. The van der Waals surface area contributed by atoms with Gasteiger partial charge in [-0.05, 0) is 16.8 Å². The van der Waals surface area contributed by atoms with Gasteiger partial charge in [-0.3, -0.25) is 0 Å². The van der Waals surface area contributed by atoms with E-state index in [0.717, 1.165) is 5.39 Å². The van der Waals surface area contributed by atoms with Gasteiger partial charge in [-0.15, -0.1) is 0 Å². The fourth-order valence-electron chi connectivity index (χ4n) is 1.13. The second-order valence-electron chi connectivity index (χ2n) is 2.50. The van der Waals surface area contributed by atoms with Crippen LogP contribution in [0.5, 0.6) is 0 Å². The van der Waals surface area contributed by atoms with Crippen LogP contribution in [0.2, 0.25) is 0 Å². The van der Waals surface area contributed by atoms with Gasteiger partial charge in [-0.1, -0.05) is 30.3 Å². The zero-order valence-corrected chi connectivity index (χ0v) is 6.04. The molecule has 0 atom stereocenters. The molecule has 0 aliphatic rings. The highest BCUT2D eigenvalue weighted by Crippen LogP contribution is 2.15. The van der Waals surface area contributed by atoms with Crippen molar-refractivity contribution in [3.63, 3.8) is 0 Å². The topological polar surface area (TPSA) is 26.0 Å². The highest BCUT2D eigenvalue weighted by molar-refractivity contribution is 5.84. The van der Waals surface area contributed by atoms with Gasteiger partial charge in [0, 0.05) is 11.8 Å². The van der Waals surface area contributed by atoms with Gasteiger partial charge in [0.05, 0.1) is 0 Å². The van der Waals surface area contributed by atoms with E-state index >= 15 is 0 Å². The largest absolute Gasteiger partial charge is 0.398 e. The number of fused-ring (bicyclic) bond motifs is 1. The number of nitrogens with two attached hydrogens (primary N) is 1. The molecule has 2 aromatic rings. The molecule has 0 bridgehead atoms. The lowest BCUT2D eigenvalue weighted by Crippen LogP contribution is -1.83. The van der Waals surface area contributed by atoms with E-state index in [4.69, 9.17) is 5.73 Å². The van der Waals surface area contributed by atoms with Crippen molar-refractivity contribution in [2.75, 3.05) is 5.73 Å². The summed E-state index contributed by atoms with van der Waals surface area (Å²) in [5, 5.41) is 2.26. The van der Waals surface area contributed by atoms with Crippen LogP contribution in [-0.4, -0.2) is 0 Å². The Bertz CT molecular complexity index is 379. The van der Waals surface area contributed by atoms with E-state index in [1.54, 1.807) is 0 Å². The molecule has 2 rings (SSSR count). The van der Waals surface area contributed by atoms with E-state index in [1.165, 1.54) is 5.39 Å². The zero-order chi connectivity index (χ0) is 7.68. The van der Waals surface area contributed by atoms with Gasteiger partial charge >= 0.3 is 0 Å². The molecule has 0 unspecified atom stereocenters. The lowest BCUT2D eigenvalue weighted by atomic mass is 10.1. The molecule has 1 nitrogen and oxygen atoms in total. The van der Waals surface area contributed by atoms with Crippen LogP contribution in [-0.2, 0) is 0 Å². The first-order chi connectivity index (χ1) is 5.36. The van der Waals surface area contributed by atoms with Crippen LogP contribution in [0.15, 0.2) is 36.4 Å². The Morgan fingerprint density at radius 2 is 1.82 bits per heavy atom.